The van der Waals surface area contributed by atoms with E-state index in [1.54, 1.807) is 28.9 Å². The summed E-state index contributed by atoms with van der Waals surface area (Å²) in [5, 5.41) is 18.7. The van der Waals surface area contributed by atoms with Crippen molar-refractivity contribution in [3.05, 3.63) is 59.3 Å². The van der Waals surface area contributed by atoms with Crippen molar-refractivity contribution >= 4 is 75.2 Å². The molecular formula is C33H40N8O2S2. The molecule has 0 aliphatic carbocycles. The summed E-state index contributed by atoms with van der Waals surface area (Å²) in [4.78, 5) is 11.3. The van der Waals surface area contributed by atoms with Crippen molar-refractivity contribution in [1.29, 1.82) is 0 Å². The molecule has 1 fully saturated rings. The Bertz CT molecular complexity index is 2060. The lowest BCUT2D eigenvalue weighted by molar-refractivity contribution is 0.0904. The SMILES string of the molecule is CC.Cc1cc(C)c2c(n1)sc1c(NC3CCOCC3)nn(C)c12.Cc1ccnc2sc3c(NCc4ccco4)nn(C)c3c12. The quantitative estimate of drug-likeness (QED) is 0.194. The van der Waals surface area contributed by atoms with E-state index in [9.17, 15) is 0 Å². The summed E-state index contributed by atoms with van der Waals surface area (Å²) in [6.45, 7) is 12.6. The third kappa shape index (κ3) is 6.01. The van der Waals surface area contributed by atoms with E-state index in [4.69, 9.17) is 19.2 Å². The van der Waals surface area contributed by atoms with Crippen LogP contribution < -0.4 is 10.6 Å². The molecule has 0 aromatic carbocycles. The smallest absolute Gasteiger partial charge is 0.166 e. The molecule has 7 aromatic rings. The second-order valence-electron chi connectivity index (χ2n) is 11.0. The number of fused-ring (bicyclic) bond motifs is 6. The predicted molar refractivity (Wildman–Crippen MR) is 187 cm³/mol. The van der Waals surface area contributed by atoms with Gasteiger partial charge in [-0.1, -0.05) is 13.8 Å². The first-order valence-electron chi connectivity index (χ1n) is 15.4. The van der Waals surface area contributed by atoms with Gasteiger partial charge in [0, 0.05) is 56.0 Å². The number of nitrogens with zero attached hydrogens (tertiary/aromatic N) is 6. The van der Waals surface area contributed by atoms with Crippen LogP contribution in [0.1, 0.15) is 49.3 Å². The van der Waals surface area contributed by atoms with Gasteiger partial charge in [-0.15, -0.1) is 22.7 Å². The van der Waals surface area contributed by atoms with Gasteiger partial charge >= 0.3 is 0 Å². The number of thiophene rings is 2. The summed E-state index contributed by atoms with van der Waals surface area (Å²) in [5.41, 5.74) is 5.91. The first-order valence-corrected chi connectivity index (χ1v) is 17.1. The molecular weight excluding hydrogens is 605 g/mol. The van der Waals surface area contributed by atoms with Gasteiger partial charge in [0.25, 0.3) is 0 Å². The zero-order chi connectivity index (χ0) is 31.7. The van der Waals surface area contributed by atoms with Crippen LogP contribution in [-0.2, 0) is 25.4 Å². The van der Waals surface area contributed by atoms with Crippen molar-refractivity contribution in [2.75, 3.05) is 23.8 Å². The molecule has 0 saturated carbocycles. The Kier molecular flexibility index (Phi) is 9.06. The van der Waals surface area contributed by atoms with Gasteiger partial charge in [-0.3, -0.25) is 9.36 Å². The molecule has 8 rings (SSSR count). The molecule has 7 aromatic heterocycles. The Morgan fingerprint density at radius 1 is 0.889 bits per heavy atom. The lowest BCUT2D eigenvalue weighted by Gasteiger charge is -2.22. The van der Waals surface area contributed by atoms with Crippen LogP contribution in [0.2, 0.25) is 0 Å². The van der Waals surface area contributed by atoms with Gasteiger partial charge in [0.05, 0.1) is 33.2 Å². The van der Waals surface area contributed by atoms with Gasteiger partial charge in [-0.25, -0.2) is 9.97 Å². The highest BCUT2D eigenvalue weighted by atomic mass is 32.1. The van der Waals surface area contributed by atoms with E-state index in [1.807, 2.05) is 61.7 Å². The van der Waals surface area contributed by atoms with Gasteiger partial charge in [0.1, 0.15) is 15.4 Å². The average Bonchev–Trinajstić information content (AvgIpc) is 3.85. The Labute approximate surface area is 270 Å². The lowest BCUT2D eigenvalue weighted by atomic mass is 10.1. The summed E-state index contributed by atoms with van der Waals surface area (Å²) in [6, 6.07) is 8.47. The summed E-state index contributed by atoms with van der Waals surface area (Å²) >= 11 is 3.41. The van der Waals surface area contributed by atoms with Gasteiger partial charge in [-0.2, -0.15) is 10.2 Å². The van der Waals surface area contributed by atoms with Crippen LogP contribution in [0, 0.1) is 20.8 Å². The second-order valence-corrected chi connectivity index (χ2v) is 13.0. The summed E-state index contributed by atoms with van der Waals surface area (Å²) in [6.07, 6.45) is 5.62. The molecule has 236 valence electrons. The van der Waals surface area contributed by atoms with E-state index in [1.165, 1.54) is 32.1 Å². The molecule has 12 heteroatoms. The Hall–Kier alpha value is -4.00. The molecule has 0 atom stereocenters. The zero-order valence-electron chi connectivity index (χ0n) is 26.9. The summed E-state index contributed by atoms with van der Waals surface area (Å²) < 4.78 is 17.0. The van der Waals surface area contributed by atoms with E-state index in [-0.39, 0.29) is 0 Å². The number of rotatable bonds is 5. The molecule has 8 heterocycles. The van der Waals surface area contributed by atoms with E-state index >= 15 is 0 Å². The number of hydrogen-bond donors (Lipinski definition) is 2. The number of pyridine rings is 2. The van der Waals surface area contributed by atoms with Crippen LogP contribution in [0.5, 0.6) is 0 Å². The van der Waals surface area contributed by atoms with Crippen LogP contribution in [0.25, 0.3) is 40.9 Å². The van der Waals surface area contributed by atoms with Crippen molar-refractivity contribution in [3.63, 3.8) is 0 Å². The van der Waals surface area contributed by atoms with Gasteiger partial charge in [0.2, 0.25) is 0 Å². The fraction of sp³-hybridized carbons (Fsp3) is 0.394. The number of aryl methyl sites for hydroxylation is 5. The number of hydrogen-bond acceptors (Lipinski definition) is 10. The molecule has 0 amide bonds. The van der Waals surface area contributed by atoms with Crippen LogP contribution in [0.3, 0.4) is 0 Å². The molecule has 45 heavy (non-hydrogen) atoms. The van der Waals surface area contributed by atoms with E-state index in [2.05, 4.69) is 47.6 Å². The third-order valence-electron chi connectivity index (χ3n) is 7.89. The Morgan fingerprint density at radius 3 is 2.27 bits per heavy atom. The van der Waals surface area contributed by atoms with Crippen molar-refractivity contribution in [2.45, 2.75) is 60.0 Å². The number of anilines is 2. The number of furan rings is 1. The maximum Gasteiger partial charge on any atom is 0.166 e. The first-order chi connectivity index (χ1) is 21.9. The highest BCUT2D eigenvalue weighted by Crippen LogP contribution is 2.40. The van der Waals surface area contributed by atoms with Crippen LogP contribution in [-0.4, -0.2) is 48.8 Å². The minimum absolute atomic E-state index is 0.452. The number of ether oxygens (including phenoxy) is 1. The van der Waals surface area contributed by atoms with Crippen LogP contribution in [0.15, 0.2) is 41.1 Å². The Morgan fingerprint density at radius 2 is 1.56 bits per heavy atom. The Balaban J connectivity index is 0.000000151. The molecule has 0 bridgehead atoms. The fourth-order valence-electron chi connectivity index (χ4n) is 5.84. The number of aromatic nitrogens is 6. The predicted octanol–water partition coefficient (Wildman–Crippen LogP) is 8.11. The summed E-state index contributed by atoms with van der Waals surface area (Å²) in [7, 11) is 3.99. The van der Waals surface area contributed by atoms with Gasteiger partial charge in [-0.05, 0) is 69.0 Å². The highest BCUT2D eigenvalue weighted by Gasteiger charge is 2.21. The fourth-order valence-corrected chi connectivity index (χ4v) is 8.32. The van der Waals surface area contributed by atoms with E-state index < -0.39 is 0 Å². The maximum atomic E-state index is 5.43. The molecule has 1 aliphatic rings. The van der Waals surface area contributed by atoms with Gasteiger partial charge in [0.15, 0.2) is 11.6 Å². The minimum Gasteiger partial charge on any atom is -0.467 e. The molecule has 0 radical (unpaired) electrons. The normalized spacial score (nSPS) is 13.7. The molecule has 10 nitrogen and oxygen atoms in total. The maximum absolute atomic E-state index is 5.43. The highest BCUT2D eigenvalue weighted by molar-refractivity contribution is 7.26. The minimum atomic E-state index is 0.452. The molecule has 1 aliphatic heterocycles. The molecule has 0 spiro atoms. The average molecular weight is 645 g/mol. The van der Waals surface area contributed by atoms with Gasteiger partial charge < -0.3 is 19.8 Å². The van der Waals surface area contributed by atoms with Crippen LogP contribution in [0.4, 0.5) is 11.6 Å². The number of nitrogens with one attached hydrogen (secondary N) is 2. The molecule has 1 saturated heterocycles. The topological polar surface area (TPSA) is 108 Å². The van der Waals surface area contributed by atoms with Crippen molar-refractivity contribution < 1.29 is 9.15 Å². The molecule has 0 unspecified atom stereocenters. The van der Waals surface area contributed by atoms with Crippen molar-refractivity contribution in [2.24, 2.45) is 14.1 Å². The second kappa shape index (κ2) is 13.2. The van der Waals surface area contributed by atoms with E-state index in [0.29, 0.717) is 12.6 Å². The van der Waals surface area contributed by atoms with Crippen molar-refractivity contribution in [3.8, 4) is 0 Å². The zero-order valence-corrected chi connectivity index (χ0v) is 28.5. The molecule has 2 N–H and O–H groups in total. The third-order valence-corrected chi connectivity index (χ3v) is 10.1. The first kappa shape index (κ1) is 31.0. The standard InChI is InChI=1S/C16H20N4OS.C15H14N4OS.C2H6/c1-9-8-10(2)17-16-12(9)13-14(22-16)15(19-20(13)3)18-11-4-6-21-7-5-11;1-9-5-6-16-15-11(9)12-13(21-15)14(18-19(12)2)17-8-10-4-3-7-20-10;1-2/h8,11H,4-7H2,1-3H3,(H,18,19);3-7H,8H2,1-2H3,(H,17,18);1-2H3. The monoisotopic (exact) mass is 644 g/mol. The van der Waals surface area contributed by atoms with Crippen molar-refractivity contribution in [1.82, 2.24) is 29.5 Å². The van der Waals surface area contributed by atoms with E-state index in [0.717, 1.165) is 69.0 Å². The lowest BCUT2D eigenvalue weighted by Crippen LogP contribution is -2.28. The largest absolute Gasteiger partial charge is 0.467 e. The summed E-state index contributed by atoms with van der Waals surface area (Å²) in [5.74, 6) is 2.76. The van der Waals surface area contributed by atoms with Crippen LogP contribution >= 0.6 is 22.7 Å².